The van der Waals surface area contributed by atoms with Crippen molar-refractivity contribution in [3.8, 4) is 11.6 Å². The van der Waals surface area contributed by atoms with Gasteiger partial charge < -0.3 is 9.15 Å². The van der Waals surface area contributed by atoms with E-state index in [0.717, 1.165) is 6.07 Å². The number of benzene rings is 2. The van der Waals surface area contributed by atoms with Gasteiger partial charge in [0.05, 0.1) is 4.92 Å². The number of nitro benzene ring substituents is 1. The van der Waals surface area contributed by atoms with Crippen LogP contribution in [-0.4, -0.2) is 15.1 Å². The summed E-state index contributed by atoms with van der Waals surface area (Å²) in [6.07, 6.45) is -0.143. The number of halogens is 2. The number of hydrogen-bond acceptors (Lipinski definition) is 7. The van der Waals surface area contributed by atoms with E-state index in [2.05, 4.69) is 10.2 Å². The third kappa shape index (κ3) is 4.08. The molecule has 2 aromatic carbocycles. The van der Waals surface area contributed by atoms with E-state index >= 15 is 0 Å². The van der Waals surface area contributed by atoms with Crippen molar-refractivity contribution in [3.05, 3.63) is 96.7 Å². The third-order valence-electron chi connectivity index (χ3n) is 4.71. The van der Waals surface area contributed by atoms with Crippen molar-refractivity contribution in [1.82, 2.24) is 10.2 Å². The first kappa shape index (κ1) is 20.4. The molecule has 0 atom stereocenters. The Balaban J connectivity index is 1.70. The van der Waals surface area contributed by atoms with E-state index in [1.165, 1.54) is 30.3 Å². The summed E-state index contributed by atoms with van der Waals surface area (Å²) in [4.78, 5) is 22.8. The molecule has 0 saturated heterocycles. The first-order valence-corrected chi connectivity index (χ1v) is 9.36. The Kier molecular flexibility index (Phi) is 5.35. The normalized spacial score (nSPS) is 10.9. The monoisotopic (exact) mass is 441 g/mol. The number of nitrogens with zero attached hydrogens (tertiary/aromatic N) is 3. The molecular weight excluding hydrogens is 429 g/mol. The minimum absolute atomic E-state index is 0.0326. The molecule has 0 unspecified atom stereocenters. The lowest BCUT2D eigenvalue weighted by Crippen LogP contribution is -2.12. The number of rotatable bonds is 5. The zero-order chi connectivity index (χ0) is 22.1. The standard InChI is InChI=1S/C21H13ClFN3O5/c1-11-14-6-5-13(30-19-8-7-18(22)24-25-19)10-17(14)31-21(27)15(11)9-12-3-2-4-16(20(12)23)26(28)29/h2-8,10H,9H2,1H3. The van der Waals surface area contributed by atoms with Crippen molar-refractivity contribution in [2.24, 2.45) is 0 Å². The minimum atomic E-state index is -0.973. The van der Waals surface area contributed by atoms with Gasteiger partial charge in [0.15, 0.2) is 5.15 Å². The predicted octanol–water partition coefficient (Wildman–Crippen LogP) is 4.98. The van der Waals surface area contributed by atoms with Crippen molar-refractivity contribution in [3.63, 3.8) is 0 Å². The first-order chi connectivity index (χ1) is 14.8. The van der Waals surface area contributed by atoms with Crippen LogP contribution in [0.1, 0.15) is 16.7 Å². The Hall–Kier alpha value is -3.85. The SMILES string of the molecule is Cc1c(Cc2cccc([N+](=O)[O-])c2F)c(=O)oc2cc(Oc3ccc(Cl)nn3)ccc12. The van der Waals surface area contributed by atoms with Crippen molar-refractivity contribution >= 4 is 28.3 Å². The van der Waals surface area contributed by atoms with E-state index in [1.54, 1.807) is 19.1 Å². The second-order valence-electron chi connectivity index (χ2n) is 6.63. The van der Waals surface area contributed by atoms with Crippen LogP contribution in [-0.2, 0) is 6.42 Å². The first-order valence-electron chi connectivity index (χ1n) is 8.98. The fourth-order valence-electron chi connectivity index (χ4n) is 3.16. The van der Waals surface area contributed by atoms with Crippen LogP contribution in [0.3, 0.4) is 0 Å². The fourth-order valence-corrected chi connectivity index (χ4v) is 3.26. The highest BCUT2D eigenvalue weighted by Gasteiger charge is 2.20. The molecule has 0 aliphatic carbocycles. The second-order valence-corrected chi connectivity index (χ2v) is 7.02. The molecule has 0 N–H and O–H groups in total. The maximum Gasteiger partial charge on any atom is 0.340 e. The lowest BCUT2D eigenvalue weighted by Gasteiger charge is -2.10. The van der Waals surface area contributed by atoms with Gasteiger partial charge in [0.2, 0.25) is 11.7 Å². The summed E-state index contributed by atoms with van der Waals surface area (Å²) in [5.41, 5.74) is -0.221. The number of aryl methyl sites for hydroxylation is 1. The average molecular weight is 442 g/mol. The molecule has 2 aromatic heterocycles. The predicted molar refractivity (Wildman–Crippen MR) is 110 cm³/mol. The summed E-state index contributed by atoms with van der Waals surface area (Å²) in [7, 11) is 0. The number of aromatic nitrogens is 2. The fraction of sp³-hybridized carbons (Fsp3) is 0.0952. The van der Waals surface area contributed by atoms with Crippen LogP contribution in [0, 0.1) is 22.9 Å². The molecule has 0 spiro atoms. The van der Waals surface area contributed by atoms with E-state index in [0.29, 0.717) is 16.7 Å². The van der Waals surface area contributed by atoms with E-state index in [-0.39, 0.29) is 34.2 Å². The molecule has 0 saturated carbocycles. The van der Waals surface area contributed by atoms with Gasteiger partial charge in [-0.05, 0) is 36.2 Å². The van der Waals surface area contributed by atoms with E-state index in [1.807, 2.05) is 0 Å². The molecule has 0 bridgehead atoms. The maximum absolute atomic E-state index is 14.5. The van der Waals surface area contributed by atoms with E-state index in [9.17, 15) is 19.3 Å². The molecule has 156 valence electrons. The molecule has 4 aromatic rings. The van der Waals surface area contributed by atoms with Crippen molar-refractivity contribution < 1.29 is 18.5 Å². The summed E-state index contributed by atoms with van der Waals surface area (Å²) in [6, 6.07) is 11.8. The summed E-state index contributed by atoms with van der Waals surface area (Å²) in [5.74, 6) is -0.399. The van der Waals surface area contributed by atoms with Crippen LogP contribution in [0.5, 0.6) is 11.6 Å². The highest BCUT2D eigenvalue weighted by Crippen LogP contribution is 2.29. The van der Waals surface area contributed by atoms with Crippen LogP contribution < -0.4 is 10.4 Å². The van der Waals surface area contributed by atoms with Crippen LogP contribution in [0.25, 0.3) is 11.0 Å². The zero-order valence-electron chi connectivity index (χ0n) is 16.0. The largest absolute Gasteiger partial charge is 0.437 e. The quantitative estimate of drug-likeness (QED) is 0.244. The highest BCUT2D eigenvalue weighted by molar-refractivity contribution is 6.29. The summed E-state index contributed by atoms with van der Waals surface area (Å²) < 4.78 is 25.5. The van der Waals surface area contributed by atoms with Crippen LogP contribution in [0.15, 0.2) is 57.7 Å². The topological polar surface area (TPSA) is 108 Å². The lowest BCUT2D eigenvalue weighted by atomic mass is 9.99. The molecule has 0 aliphatic heterocycles. The minimum Gasteiger partial charge on any atom is -0.437 e. The Morgan fingerprint density at radius 1 is 1.19 bits per heavy atom. The second kappa shape index (κ2) is 8.11. The lowest BCUT2D eigenvalue weighted by molar-refractivity contribution is -0.387. The zero-order valence-corrected chi connectivity index (χ0v) is 16.7. The average Bonchev–Trinajstić information content (AvgIpc) is 2.73. The van der Waals surface area contributed by atoms with Gasteiger partial charge >= 0.3 is 11.3 Å². The van der Waals surface area contributed by atoms with Crippen molar-refractivity contribution in [2.45, 2.75) is 13.3 Å². The number of fused-ring (bicyclic) bond motifs is 1. The van der Waals surface area contributed by atoms with E-state index < -0.39 is 22.1 Å². The maximum atomic E-state index is 14.5. The summed E-state index contributed by atoms with van der Waals surface area (Å²) in [5, 5.41) is 19.3. The Morgan fingerprint density at radius 3 is 2.71 bits per heavy atom. The Morgan fingerprint density at radius 2 is 2.00 bits per heavy atom. The van der Waals surface area contributed by atoms with Gasteiger partial charge in [0.1, 0.15) is 11.3 Å². The number of hydrogen-bond donors (Lipinski definition) is 0. The van der Waals surface area contributed by atoms with Gasteiger partial charge in [-0.3, -0.25) is 10.1 Å². The molecule has 0 amide bonds. The third-order valence-corrected chi connectivity index (χ3v) is 4.91. The Bertz CT molecular complexity index is 1370. The molecule has 8 nitrogen and oxygen atoms in total. The van der Waals surface area contributed by atoms with Gasteiger partial charge in [-0.15, -0.1) is 10.2 Å². The van der Waals surface area contributed by atoms with E-state index in [4.69, 9.17) is 20.8 Å². The van der Waals surface area contributed by atoms with Gasteiger partial charge in [-0.25, -0.2) is 4.79 Å². The van der Waals surface area contributed by atoms with Crippen LogP contribution >= 0.6 is 11.6 Å². The van der Waals surface area contributed by atoms with Gasteiger partial charge in [0, 0.05) is 35.6 Å². The summed E-state index contributed by atoms with van der Waals surface area (Å²) in [6.45, 7) is 1.70. The molecular formula is C21H13ClFN3O5. The van der Waals surface area contributed by atoms with Crippen LogP contribution in [0.4, 0.5) is 10.1 Å². The Labute approximate surface area is 179 Å². The van der Waals surface area contributed by atoms with Gasteiger partial charge in [0.25, 0.3) is 0 Å². The number of ether oxygens (including phenoxy) is 1. The highest BCUT2D eigenvalue weighted by atomic mass is 35.5. The molecule has 0 radical (unpaired) electrons. The molecule has 4 rings (SSSR count). The number of nitro groups is 1. The van der Waals surface area contributed by atoms with Gasteiger partial charge in [-0.1, -0.05) is 23.7 Å². The smallest absolute Gasteiger partial charge is 0.340 e. The molecule has 0 aliphatic rings. The molecule has 2 heterocycles. The van der Waals surface area contributed by atoms with Crippen molar-refractivity contribution in [2.75, 3.05) is 0 Å². The molecule has 10 heteroatoms. The summed E-state index contributed by atoms with van der Waals surface area (Å²) >= 11 is 5.70. The van der Waals surface area contributed by atoms with Crippen LogP contribution in [0.2, 0.25) is 5.15 Å². The molecule has 31 heavy (non-hydrogen) atoms. The van der Waals surface area contributed by atoms with Crippen molar-refractivity contribution in [1.29, 1.82) is 0 Å². The van der Waals surface area contributed by atoms with Gasteiger partial charge in [-0.2, -0.15) is 4.39 Å². The molecule has 0 fully saturated rings.